The average molecular weight is 317 g/mol. The monoisotopic (exact) mass is 317 g/mol. The van der Waals surface area contributed by atoms with Gasteiger partial charge in [0, 0.05) is 31.7 Å². The van der Waals surface area contributed by atoms with E-state index in [2.05, 4.69) is 15.5 Å². The molecule has 4 rings (SSSR count). The average Bonchev–Trinajstić information content (AvgIpc) is 3.31. The van der Waals surface area contributed by atoms with Crippen molar-refractivity contribution in [1.29, 1.82) is 0 Å². The number of likely N-dealkylation sites (tertiary alicyclic amines) is 1. The third-order valence-electron chi connectivity index (χ3n) is 4.82. The van der Waals surface area contributed by atoms with Crippen LogP contribution in [-0.4, -0.2) is 42.9 Å². The Morgan fingerprint density at radius 3 is 2.70 bits per heavy atom. The second kappa shape index (κ2) is 6.28. The molecule has 124 valence electrons. The van der Waals surface area contributed by atoms with Crippen molar-refractivity contribution in [2.75, 3.05) is 19.9 Å². The van der Waals surface area contributed by atoms with Crippen LogP contribution in [0.25, 0.3) is 0 Å². The molecule has 0 bridgehead atoms. The first-order chi connectivity index (χ1) is 11.3. The lowest BCUT2D eigenvalue weighted by Crippen LogP contribution is -2.48. The highest BCUT2D eigenvalue weighted by Gasteiger charge is 2.32. The number of benzene rings is 1. The third kappa shape index (κ3) is 3.52. The van der Waals surface area contributed by atoms with E-state index in [1.807, 2.05) is 18.2 Å². The number of nitrogens with zero attached hydrogens (tertiary/aromatic N) is 1. The van der Waals surface area contributed by atoms with Gasteiger partial charge in [-0.1, -0.05) is 6.07 Å². The van der Waals surface area contributed by atoms with Crippen LogP contribution in [0.1, 0.15) is 31.2 Å². The second-order valence-electron chi connectivity index (χ2n) is 6.56. The number of nitrogens with one attached hydrogen (secondary N) is 2. The Kier molecular flexibility index (Phi) is 3.99. The molecule has 3 aliphatic rings. The maximum Gasteiger partial charge on any atom is 0.315 e. The quantitative estimate of drug-likeness (QED) is 0.889. The fourth-order valence-electron chi connectivity index (χ4n) is 3.32. The first-order valence-corrected chi connectivity index (χ1v) is 8.45. The van der Waals surface area contributed by atoms with Crippen LogP contribution in [0.3, 0.4) is 0 Å². The minimum atomic E-state index is -0.0902. The molecule has 2 amide bonds. The van der Waals surface area contributed by atoms with Gasteiger partial charge in [0.1, 0.15) is 0 Å². The zero-order valence-corrected chi connectivity index (χ0v) is 13.2. The van der Waals surface area contributed by atoms with E-state index in [1.54, 1.807) is 0 Å². The van der Waals surface area contributed by atoms with Crippen molar-refractivity contribution in [3.8, 4) is 11.5 Å². The van der Waals surface area contributed by atoms with Crippen molar-refractivity contribution in [3.05, 3.63) is 23.8 Å². The highest BCUT2D eigenvalue weighted by molar-refractivity contribution is 5.74. The molecule has 2 aliphatic heterocycles. The SMILES string of the molecule is O=C(NCc1ccc2c(c1)OCO2)NC1CCN(C2CC2)CC1. The van der Waals surface area contributed by atoms with Gasteiger partial charge in [0.2, 0.25) is 6.79 Å². The summed E-state index contributed by atoms with van der Waals surface area (Å²) in [5, 5.41) is 6.01. The van der Waals surface area contributed by atoms with Gasteiger partial charge in [-0.15, -0.1) is 0 Å². The van der Waals surface area contributed by atoms with Crippen molar-refractivity contribution in [1.82, 2.24) is 15.5 Å². The van der Waals surface area contributed by atoms with Gasteiger partial charge in [0.25, 0.3) is 0 Å². The molecular formula is C17H23N3O3. The zero-order chi connectivity index (χ0) is 15.6. The topological polar surface area (TPSA) is 62.8 Å². The van der Waals surface area contributed by atoms with Gasteiger partial charge in [-0.25, -0.2) is 4.79 Å². The maximum atomic E-state index is 12.1. The first-order valence-electron chi connectivity index (χ1n) is 8.45. The van der Waals surface area contributed by atoms with Crippen LogP contribution in [0.2, 0.25) is 0 Å². The number of ether oxygens (including phenoxy) is 2. The molecule has 1 aliphatic carbocycles. The van der Waals surface area contributed by atoms with Gasteiger partial charge >= 0.3 is 6.03 Å². The van der Waals surface area contributed by atoms with E-state index in [0.29, 0.717) is 12.6 Å². The second-order valence-corrected chi connectivity index (χ2v) is 6.56. The van der Waals surface area contributed by atoms with Crippen molar-refractivity contribution in [3.63, 3.8) is 0 Å². The number of carbonyl (C=O) groups excluding carboxylic acids is 1. The summed E-state index contributed by atoms with van der Waals surface area (Å²) in [6.07, 6.45) is 4.81. The molecule has 0 unspecified atom stereocenters. The summed E-state index contributed by atoms with van der Waals surface area (Å²) in [7, 11) is 0. The molecule has 2 heterocycles. The van der Waals surface area contributed by atoms with Crippen LogP contribution in [0.4, 0.5) is 4.79 Å². The van der Waals surface area contributed by atoms with Crippen molar-refractivity contribution >= 4 is 6.03 Å². The summed E-state index contributed by atoms with van der Waals surface area (Å²) in [5.41, 5.74) is 1.01. The standard InChI is InChI=1S/C17H23N3O3/c21-17(19-13-5-7-20(8-6-13)14-2-3-14)18-10-12-1-4-15-16(9-12)23-11-22-15/h1,4,9,13-14H,2-3,5-8,10-11H2,(H2,18,19,21). The summed E-state index contributed by atoms with van der Waals surface area (Å²) < 4.78 is 10.6. The van der Waals surface area contributed by atoms with E-state index in [9.17, 15) is 4.79 Å². The summed E-state index contributed by atoms with van der Waals surface area (Å²) in [4.78, 5) is 14.6. The van der Waals surface area contributed by atoms with Crippen LogP contribution < -0.4 is 20.1 Å². The summed E-state index contributed by atoms with van der Waals surface area (Å²) in [6, 6.07) is 6.77. The Balaban J connectivity index is 1.21. The molecular weight excluding hydrogens is 294 g/mol. The minimum absolute atomic E-state index is 0.0902. The summed E-state index contributed by atoms with van der Waals surface area (Å²) in [5.74, 6) is 1.51. The predicted molar refractivity (Wildman–Crippen MR) is 85.6 cm³/mol. The van der Waals surface area contributed by atoms with Gasteiger partial charge in [0.15, 0.2) is 11.5 Å². The van der Waals surface area contributed by atoms with Gasteiger partial charge in [0.05, 0.1) is 0 Å². The van der Waals surface area contributed by atoms with E-state index in [1.165, 1.54) is 12.8 Å². The number of amides is 2. The van der Waals surface area contributed by atoms with Gasteiger partial charge in [-0.05, 0) is 43.4 Å². The van der Waals surface area contributed by atoms with Gasteiger partial charge < -0.3 is 25.0 Å². The van der Waals surface area contributed by atoms with E-state index >= 15 is 0 Å². The van der Waals surface area contributed by atoms with E-state index < -0.39 is 0 Å². The number of hydrogen-bond acceptors (Lipinski definition) is 4. The third-order valence-corrected chi connectivity index (χ3v) is 4.82. The molecule has 0 radical (unpaired) electrons. The maximum absolute atomic E-state index is 12.1. The fourth-order valence-corrected chi connectivity index (χ4v) is 3.32. The van der Waals surface area contributed by atoms with Crippen molar-refractivity contribution in [2.45, 2.75) is 44.3 Å². The highest BCUT2D eigenvalue weighted by Crippen LogP contribution is 2.32. The number of carbonyl (C=O) groups is 1. The minimum Gasteiger partial charge on any atom is -0.454 e. The van der Waals surface area contributed by atoms with Crippen LogP contribution >= 0.6 is 0 Å². The Labute approximate surface area is 136 Å². The Morgan fingerprint density at radius 1 is 1.13 bits per heavy atom. The van der Waals surface area contributed by atoms with Crippen LogP contribution in [0, 0.1) is 0 Å². The van der Waals surface area contributed by atoms with E-state index in [0.717, 1.165) is 49.0 Å². The normalized spacial score (nSPS) is 21.2. The Morgan fingerprint density at radius 2 is 1.91 bits per heavy atom. The van der Waals surface area contributed by atoms with Gasteiger partial charge in [-0.3, -0.25) is 0 Å². The molecule has 1 aromatic rings. The van der Waals surface area contributed by atoms with Crippen LogP contribution in [0.5, 0.6) is 11.5 Å². The molecule has 1 saturated heterocycles. The molecule has 0 atom stereocenters. The number of hydrogen-bond donors (Lipinski definition) is 2. The lowest BCUT2D eigenvalue weighted by Gasteiger charge is -2.32. The fraction of sp³-hybridized carbons (Fsp3) is 0.588. The zero-order valence-electron chi connectivity index (χ0n) is 13.2. The molecule has 1 aromatic carbocycles. The van der Waals surface area contributed by atoms with Crippen LogP contribution in [0.15, 0.2) is 18.2 Å². The molecule has 6 heteroatoms. The molecule has 0 aromatic heterocycles. The predicted octanol–water partition coefficient (Wildman–Crippen LogP) is 1.84. The molecule has 6 nitrogen and oxygen atoms in total. The lowest BCUT2D eigenvalue weighted by molar-refractivity contribution is 0.174. The number of urea groups is 1. The Hall–Kier alpha value is -1.95. The van der Waals surface area contributed by atoms with E-state index in [-0.39, 0.29) is 12.8 Å². The Bertz CT molecular complexity index is 580. The van der Waals surface area contributed by atoms with Gasteiger partial charge in [-0.2, -0.15) is 0 Å². The molecule has 2 fully saturated rings. The van der Waals surface area contributed by atoms with Crippen molar-refractivity contribution < 1.29 is 14.3 Å². The van der Waals surface area contributed by atoms with E-state index in [4.69, 9.17) is 9.47 Å². The smallest absolute Gasteiger partial charge is 0.315 e. The first kappa shape index (κ1) is 14.6. The number of piperidine rings is 1. The number of fused-ring (bicyclic) bond motifs is 1. The molecule has 2 N–H and O–H groups in total. The lowest BCUT2D eigenvalue weighted by atomic mass is 10.1. The summed E-state index contributed by atoms with van der Waals surface area (Å²) >= 11 is 0. The molecule has 1 saturated carbocycles. The summed E-state index contributed by atoms with van der Waals surface area (Å²) in [6.45, 7) is 2.98. The molecule has 23 heavy (non-hydrogen) atoms. The number of rotatable bonds is 4. The highest BCUT2D eigenvalue weighted by atomic mass is 16.7. The van der Waals surface area contributed by atoms with Crippen molar-refractivity contribution in [2.24, 2.45) is 0 Å². The largest absolute Gasteiger partial charge is 0.454 e. The molecule has 0 spiro atoms. The van der Waals surface area contributed by atoms with Crippen LogP contribution in [-0.2, 0) is 6.54 Å².